The minimum atomic E-state index is -1.01. The summed E-state index contributed by atoms with van der Waals surface area (Å²) in [6, 6.07) is 42.4. The number of anilines is 2. The number of nitrogens with one attached hydrogen (secondary N) is 4. The molecule has 21 heteroatoms. The van der Waals surface area contributed by atoms with Gasteiger partial charge in [0.05, 0.1) is 22.0 Å². The molecule has 0 saturated carbocycles. The van der Waals surface area contributed by atoms with E-state index in [4.69, 9.17) is 30.7 Å². The SMILES string of the molecule is CC(C)[C@H](NC(=O)OCC1c2ccccc2-c2ccccc21)C(=O)C[C@@H](CCCNC(N)=O)C(=O)Nc1ccc(COC(=O)Oc2ccc([N+](=O)[O-])cc2)cc1.CCCCCCCCCCCCCC(=O)NCc1ccc(Cn2c(CCCC)nc3c(N)nc4ccccc4c32)cc1. The van der Waals surface area contributed by atoms with Crippen molar-refractivity contribution in [1.29, 1.82) is 0 Å². The number of para-hydroxylation sites is 1. The Balaban J connectivity index is 0.000000260. The lowest BCUT2D eigenvalue weighted by atomic mass is 9.89. The van der Waals surface area contributed by atoms with Crippen molar-refractivity contribution in [3.05, 3.63) is 189 Å². The third-order valence-electron chi connectivity index (χ3n) is 17.6. The van der Waals surface area contributed by atoms with Gasteiger partial charge in [-0.15, -0.1) is 0 Å². The van der Waals surface area contributed by atoms with E-state index in [1.807, 2.05) is 66.7 Å². The molecule has 1 aliphatic carbocycles. The minimum Gasteiger partial charge on any atom is -0.449 e. The number of ketones is 1. The second kappa shape index (κ2) is 37.9. The zero-order valence-corrected chi connectivity index (χ0v) is 56.9. The topological polar surface area (TPSA) is 304 Å². The van der Waals surface area contributed by atoms with Crippen LogP contribution in [0.25, 0.3) is 33.1 Å². The molecule has 0 fully saturated rings. The number of nitrogens with zero attached hydrogens (tertiary/aromatic N) is 4. The van der Waals surface area contributed by atoms with Crippen molar-refractivity contribution in [2.75, 3.05) is 24.2 Å². The van der Waals surface area contributed by atoms with Crippen LogP contribution in [0, 0.1) is 22.0 Å². The molecule has 2 aromatic heterocycles. The van der Waals surface area contributed by atoms with Crippen molar-refractivity contribution in [2.45, 2.75) is 175 Å². The van der Waals surface area contributed by atoms with Crippen LogP contribution >= 0.6 is 0 Å². The molecule has 0 spiro atoms. The molecule has 0 saturated heterocycles. The number of carbonyl (C=O) groups excluding carboxylic acids is 6. The number of carbonyl (C=O) groups is 6. The van der Waals surface area contributed by atoms with Crippen molar-refractivity contribution in [1.82, 2.24) is 30.5 Å². The smallest absolute Gasteiger partial charge is 0.449 e. The van der Waals surface area contributed by atoms with Gasteiger partial charge in [0, 0.05) is 73.9 Å². The van der Waals surface area contributed by atoms with Gasteiger partial charge in [-0.2, -0.15) is 0 Å². The number of unbranched alkanes of at least 4 members (excludes halogenated alkanes) is 11. The summed E-state index contributed by atoms with van der Waals surface area (Å²) >= 11 is 0. The number of aromatic nitrogens is 3. The zero-order chi connectivity index (χ0) is 69.8. The van der Waals surface area contributed by atoms with Gasteiger partial charge < -0.3 is 51.5 Å². The van der Waals surface area contributed by atoms with Crippen molar-refractivity contribution >= 4 is 75.0 Å². The molecule has 98 heavy (non-hydrogen) atoms. The van der Waals surface area contributed by atoms with Crippen LogP contribution in [0.2, 0.25) is 0 Å². The third-order valence-corrected chi connectivity index (χ3v) is 17.6. The average Bonchev–Trinajstić information content (AvgIpc) is 1.59. The Hall–Kier alpha value is -10.2. The van der Waals surface area contributed by atoms with Gasteiger partial charge >= 0.3 is 18.3 Å². The van der Waals surface area contributed by atoms with Gasteiger partial charge in [-0.1, -0.05) is 201 Å². The quantitative estimate of drug-likeness (QED) is 0.00700. The van der Waals surface area contributed by atoms with Crippen LogP contribution in [0.15, 0.2) is 146 Å². The number of ether oxygens (including phenoxy) is 3. The highest BCUT2D eigenvalue weighted by molar-refractivity contribution is 6.06. The Labute approximate surface area is 573 Å². The Morgan fingerprint density at radius 2 is 1.27 bits per heavy atom. The second-order valence-corrected chi connectivity index (χ2v) is 25.4. The van der Waals surface area contributed by atoms with E-state index in [0.29, 0.717) is 43.0 Å². The molecule has 518 valence electrons. The fraction of sp³-hybridized carbons (Fsp3) is 0.403. The number of hydrogen-bond donors (Lipinski definition) is 6. The lowest BCUT2D eigenvalue weighted by molar-refractivity contribution is -0.384. The van der Waals surface area contributed by atoms with E-state index < -0.39 is 41.1 Å². The molecule has 2 atom stereocenters. The first kappa shape index (κ1) is 73.6. The molecule has 1 aliphatic rings. The number of pyridine rings is 1. The number of Topliss-reactive ketones (excluding diaryl/α,β-unsaturated/α-hetero) is 1. The highest BCUT2D eigenvalue weighted by Crippen LogP contribution is 2.44. The van der Waals surface area contributed by atoms with Crippen LogP contribution < -0.4 is 37.5 Å². The van der Waals surface area contributed by atoms with E-state index in [2.05, 4.69) is 75.0 Å². The van der Waals surface area contributed by atoms with Crippen LogP contribution in [0.5, 0.6) is 5.75 Å². The van der Waals surface area contributed by atoms with Crippen molar-refractivity contribution < 1.29 is 47.9 Å². The van der Waals surface area contributed by atoms with Crippen LogP contribution in [0.1, 0.15) is 176 Å². The molecule has 21 nitrogen and oxygen atoms in total. The molecule has 0 aliphatic heterocycles. The summed E-state index contributed by atoms with van der Waals surface area (Å²) < 4.78 is 18.2. The summed E-state index contributed by atoms with van der Waals surface area (Å²) in [5, 5.41) is 23.0. The standard InChI is InChI=1S/C41H43N5O10.C36H51N5O/c1-25(2)37(45-40(50)54-24-35-33-11-5-3-9-31(33)32-10-4-6-12-34(32)35)36(47)22-27(8-7-21-43-39(42)49)38(48)44-28-15-13-26(14-16-28)23-55-41(51)56-30-19-17-29(18-20-30)46(52)53;1-3-5-7-8-9-10-11-12-13-14-15-21-33(42)38-26-28-22-24-29(25-23-28)27-41-32(20-6-4-2)40-34-35(41)30-18-16-17-19-31(30)39-36(34)37/h3-6,9-20,25,27,35,37H,7-8,21-24H2,1-2H3,(H,44,48)(H,45,50)(H3,42,43,49);16-19,22-25H,3-15,20-21,26-27H2,1-2H3,(H2,37,39)(H,38,42)/t27-,37+;/m1./s1. The summed E-state index contributed by atoms with van der Waals surface area (Å²) in [6.45, 7) is 9.45. The van der Waals surface area contributed by atoms with Gasteiger partial charge in [0.1, 0.15) is 30.3 Å². The highest BCUT2D eigenvalue weighted by atomic mass is 16.7. The van der Waals surface area contributed by atoms with E-state index in [1.54, 1.807) is 38.1 Å². The number of amides is 5. The predicted molar refractivity (Wildman–Crippen MR) is 382 cm³/mol. The summed E-state index contributed by atoms with van der Waals surface area (Å²) in [4.78, 5) is 96.0. The van der Waals surface area contributed by atoms with E-state index in [0.717, 1.165) is 87.7 Å². The normalized spacial score (nSPS) is 12.2. The Bertz CT molecular complexity index is 3900. The highest BCUT2D eigenvalue weighted by Gasteiger charge is 2.33. The molecule has 0 bridgehead atoms. The molecule has 8 aromatic rings. The van der Waals surface area contributed by atoms with Crippen molar-refractivity contribution in [3.63, 3.8) is 0 Å². The van der Waals surface area contributed by atoms with Crippen molar-refractivity contribution in [2.24, 2.45) is 17.6 Å². The summed E-state index contributed by atoms with van der Waals surface area (Å²) in [5.41, 5.74) is 21.7. The van der Waals surface area contributed by atoms with E-state index in [-0.39, 0.29) is 67.6 Å². The number of nitro groups is 1. The molecule has 6 aromatic carbocycles. The number of nitrogens with two attached hydrogens (primary N) is 2. The van der Waals surface area contributed by atoms with Crippen LogP contribution in [-0.2, 0) is 50.0 Å². The van der Waals surface area contributed by atoms with Gasteiger partial charge in [-0.05, 0) is 101 Å². The van der Waals surface area contributed by atoms with E-state index in [1.165, 1.54) is 87.6 Å². The summed E-state index contributed by atoms with van der Waals surface area (Å²) in [5.74, 6) is -0.333. The predicted octanol–water partition coefficient (Wildman–Crippen LogP) is 15.7. The zero-order valence-electron chi connectivity index (χ0n) is 56.9. The second-order valence-electron chi connectivity index (χ2n) is 25.4. The monoisotopic (exact) mass is 1330 g/mol. The molecule has 9 rings (SSSR count). The number of fused-ring (bicyclic) bond motifs is 6. The number of urea groups is 1. The van der Waals surface area contributed by atoms with Crippen LogP contribution in [0.3, 0.4) is 0 Å². The fourth-order valence-corrected chi connectivity index (χ4v) is 12.3. The van der Waals surface area contributed by atoms with Crippen LogP contribution in [0.4, 0.5) is 31.6 Å². The number of rotatable bonds is 36. The average molecular weight is 1340 g/mol. The first-order chi connectivity index (χ1) is 47.5. The van der Waals surface area contributed by atoms with E-state index >= 15 is 0 Å². The van der Waals surface area contributed by atoms with Gasteiger partial charge in [0.2, 0.25) is 11.8 Å². The third kappa shape index (κ3) is 21.9. The lowest BCUT2D eigenvalue weighted by Gasteiger charge is -2.24. The Morgan fingerprint density at radius 3 is 1.90 bits per heavy atom. The Kier molecular flexibility index (Phi) is 28.5. The number of benzene rings is 6. The molecule has 8 N–H and O–H groups in total. The number of primary amides is 1. The molecule has 0 radical (unpaired) electrons. The maximum absolute atomic E-state index is 13.7. The Morgan fingerprint density at radius 1 is 0.663 bits per heavy atom. The number of nitro benzene ring substituents is 1. The molecule has 2 heterocycles. The number of alkyl carbamates (subject to hydrolysis) is 1. The van der Waals surface area contributed by atoms with Gasteiger partial charge in [-0.25, -0.2) is 24.4 Å². The molecular formula is C77H94N10O11. The summed E-state index contributed by atoms with van der Waals surface area (Å²) in [6.07, 6.45) is 16.6. The van der Waals surface area contributed by atoms with Gasteiger partial charge in [0.25, 0.3) is 5.69 Å². The first-order valence-corrected chi connectivity index (χ1v) is 34.5. The van der Waals surface area contributed by atoms with Gasteiger partial charge in [-0.3, -0.25) is 24.5 Å². The number of nitrogen functional groups attached to an aromatic ring is 1. The first-order valence-electron chi connectivity index (χ1n) is 34.5. The number of imidazole rings is 1. The lowest BCUT2D eigenvalue weighted by Crippen LogP contribution is -2.46. The maximum atomic E-state index is 13.7. The molecule has 5 amide bonds. The van der Waals surface area contributed by atoms with Crippen LogP contribution in [-0.4, -0.2) is 74.5 Å². The fourth-order valence-electron chi connectivity index (χ4n) is 12.3. The number of aryl methyl sites for hydroxylation is 1. The molecular weight excluding hydrogens is 1240 g/mol. The van der Waals surface area contributed by atoms with E-state index in [9.17, 15) is 38.9 Å². The van der Waals surface area contributed by atoms with Gasteiger partial charge in [0.15, 0.2) is 11.6 Å². The maximum Gasteiger partial charge on any atom is 0.514 e. The summed E-state index contributed by atoms with van der Waals surface area (Å²) in [7, 11) is 0. The minimum absolute atomic E-state index is 0.0739. The number of non-ortho nitro benzene ring substituents is 1. The number of hydrogen-bond acceptors (Lipinski definition) is 14. The largest absolute Gasteiger partial charge is 0.514 e. The van der Waals surface area contributed by atoms with Crippen molar-refractivity contribution in [3.8, 4) is 16.9 Å². The molecule has 0 unspecified atom stereocenters.